The third-order valence-electron chi connectivity index (χ3n) is 4.65. The van der Waals surface area contributed by atoms with Crippen molar-refractivity contribution in [1.29, 1.82) is 0 Å². The van der Waals surface area contributed by atoms with Crippen LogP contribution in [0.4, 0.5) is 5.82 Å². The van der Waals surface area contributed by atoms with Gasteiger partial charge >= 0.3 is 0 Å². The number of hydrogen-bond acceptors (Lipinski definition) is 5. The predicted molar refractivity (Wildman–Crippen MR) is 91.4 cm³/mol. The molecule has 0 radical (unpaired) electrons. The Balaban J connectivity index is 1.45. The first kappa shape index (κ1) is 14.6. The first-order valence-electron chi connectivity index (χ1n) is 8.45. The van der Waals surface area contributed by atoms with Gasteiger partial charge in [0, 0.05) is 52.2 Å². The van der Waals surface area contributed by atoms with Crippen LogP contribution >= 0.6 is 0 Å². The van der Waals surface area contributed by atoms with Crippen molar-refractivity contribution >= 4 is 5.82 Å². The molecule has 2 aliphatic heterocycles. The van der Waals surface area contributed by atoms with Crippen molar-refractivity contribution in [3.8, 4) is 0 Å². The lowest BCUT2D eigenvalue weighted by Crippen LogP contribution is -2.44. The summed E-state index contributed by atoms with van der Waals surface area (Å²) in [5.41, 5.74) is 3.69. The number of nitrogens with one attached hydrogen (secondary N) is 1. The highest BCUT2D eigenvalue weighted by atomic mass is 15.2. The number of hydrogen-bond donors (Lipinski definition) is 1. The molecule has 0 atom stereocenters. The lowest BCUT2D eigenvalue weighted by molar-refractivity contribution is 0.239. The van der Waals surface area contributed by atoms with Gasteiger partial charge in [0.15, 0.2) is 0 Å². The molecular weight excluding hydrogens is 286 g/mol. The summed E-state index contributed by atoms with van der Waals surface area (Å²) in [7, 11) is 0. The molecule has 5 nitrogen and oxygen atoms in total. The largest absolute Gasteiger partial charge is 0.353 e. The Labute approximate surface area is 137 Å². The van der Waals surface area contributed by atoms with Crippen LogP contribution in [-0.2, 0) is 19.5 Å². The van der Waals surface area contributed by atoms with Gasteiger partial charge in [0.05, 0.1) is 17.6 Å². The highest BCUT2D eigenvalue weighted by molar-refractivity contribution is 5.39. The minimum atomic E-state index is 0.902. The fourth-order valence-corrected chi connectivity index (χ4v) is 3.35. The molecule has 0 aliphatic carbocycles. The van der Waals surface area contributed by atoms with Crippen molar-refractivity contribution in [2.24, 2.45) is 0 Å². The van der Waals surface area contributed by atoms with Gasteiger partial charge < -0.3 is 10.2 Å². The molecule has 1 aromatic heterocycles. The van der Waals surface area contributed by atoms with Gasteiger partial charge in [-0.25, -0.2) is 4.98 Å². The van der Waals surface area contributed by atoms with Gasteiger partial charge in [-0.1, -0.05) is 30.3 Å². The maximum absolute atomic E-state index is 4.89. The van der Waals surface area contributed by atoms with E-state index in [4.69, 9.17) is 9.97 Å². The summed E-state index contributed by atoms with van der Waals surface area (Å²) in [4.78, 5) is 14.4. The van der Waals surface area contributed by atoms with Crippen LogP contribution in [0.5, 0.6) is 0 Å². The minimum absolute atomic E-state index is 0.902. The molecule has 2 aliphatic rings. The highest BCUT2D eigenvalue weighted by Crippen LogP contribution is 2.20. The van der Waals surface area contributed by atoms with E-state index in [0.717, 1.165) is 63.7 Å². The molecule has 0 saturated carbocycles. The maximum atomic E-state index is 4.89. The van der Waals surface area contributed by atoms with E-state index in [0.29, 0.717) is 0 Å². The van der Waals surface area contributed by atoms with Crippen LogP contribution in [0.1, 0.15) is 17.0 Å². The summed E-state index contributed by atoms with van der Waals surface area (Å²) in [6, 6.07) is 10.7. The van der Waals surface area contributed by atoms with Crippen LogP contribution in [0.2, 0.25) is 0 Å². The highest BCUT2D eigenvalue weighted by Gasteiger charge is 2.21. The third-order valence-corrected chi connectivity index (χ3v) is 4.65. The molecule has 23 heavy (non-hydrogen) atoms. The van der Waals surface area contributed by atoms with Crippen molar-refractivity contribution in [2.45, 2.75) is 19.5 Å². The minimum Gasteiger partial charge on any atom is -0.353 e. The summed E-state index contributed by atoms with van der Waals surface area (Å²) >= 11 is 0. The molecule has 0 spiro atoms. The molecule has 2 aromatic rings. The Morgan fingerprint density at radius 2 is 1.83 bits per heavy atom. The molecule has 3 heterocycles. The van der Waals surface area contributed by atoms with Crippen molar-refractivity contribution < 1.29 is 0 Å². The SMILES string of the molecule is c1ccc(CN2CCc3nc(N4CCNCC4)cnc3C2)cc1. The van der Waals surface area contributed by atoms with E-state index in [1.807, 2.05) is 6.20 Å². The number of rotatable bonds is 3. The lowest BCUT2D eigenvalue weighted by Gasteiger charge is -2.31. The average Bonchev–Trinajstić information content (AvgIpc) is 2.63. The second-order valence-electron chi connectivity index (χ2n) is 6.30. The Hall–Kier alpha value is -1.98. The summed E-state index contributed by atoms with van der Waals surface area (Å²) < 4.78 is 0. The predicted octanol–water partition coefficient (Wildman–Crippen LogP) is 1.44. The first-order valence-corrected chi connectivity index (χ1v) is 8.45. The number of fused-ring (bicyclic) bond motifs is 1. The van der Waals surface area contributed by atoms with E-state index in [1.54, 1.807) is 0 Å². The fraction of sp³-hybridized carbons (Fsp3) is 0.444. The number of benzene rings is 1. The van der Waals surface area contributed by atoms with Crippen molar-refractivity contribution in [2.75, 3.05) is 37.6 Å². The molecule has 0 bridgehead atoms. The Bertz CT molecular complexity index is 652. The molecule has 1 aromatic carbocycles. The summed E-state index contributed by atoms with van der Waals surface area (Å²) in [6.07, 6.45) is 2.95. The molecule has 1 saturated heterocycles. The van der Waals surface area contributed by atoms with Gasteiger partial charge in [0.2, 0.25) is 0 Å². The topological polar surface area (TPSA) is 44.3 Å². The van der Waals surface area contributed by atoms with Crippen LogP contribution < -0.4 is 10.2 Å². The summed E-state index contributed by atoms with van der Waals surface area (Å²) in [5.74, 6) is 1.04. The monoisotopic (exact) mass is 309 g/mol. The Morgan fingerprint density at radius 1 is 1.00 bits per heavy atom. The van der Waals surface area contributed by atoms with Gasteiger partial charge in [-0.3, -0.25) is 9.88 Å². The number of anilines is 1. The van der Waals surface area contributed by atoms with Crippen molar-refractivity contribution in [1.82, 2.24) is 20.2 Å². The molecule has 5 heteroatoms. The molecule has 0 unspecified atom stereocenters. The normalized spacial score (nSPS) is 18.7. The quantitative estimate of drug-likeness (QED) is 0.929. The zero-order chi connectivity index (χ0) is 15.5. The number of piperazine rings is 1. The smallest absolute Gasteiger partial charge is 0.147 e. The fourth-order valence-electron chi connectivity index (χ4n) is 3.35. The first-order chi connectivity index (χ1) is 11.4. The standard InChI is InChI=1S/C18H23N5/c1-2-4-15(5-3-1)13-22-9-6-16-17(14-22)20-12-18(21-16)23-10-7-19-8-11-23/h1-5,12,19H,6-11,13-14H2. The van der Waals surface area contributed by atoms with Crippen molar-refractivity contribution in [3.63, 3.8) is 0 Å². The van der Waals surface area contributed by atoms with Crippen molar-refractivity contribution in [3.05, 3.63) is 53.5 Å². The van der Waals surface area contributed by atoms with Crippen LogP contribution in [0.15, 0.2) is 36.5 Å². The van der Waals surface area contributed by atoms with Gasteiger partial charge in [0.1, 0.15) is 5.82 Å². The molecule has 120 valence electrons. The van der Waals surface area contributed by atoms with Gasteiger partial charge in [-0.05, 0) is 5.56 Å². The second-order valence-corrected chi connectivity index (χ2v) is 6.30. The summed E-state index contributed by atoms with van der Waals surface area (Å²) in [5, 5.41) is 3.38. The van der Waals surface area contributed by atoms with E-state index in [1.165, 1.54) is 11.3 Å². The van der Waals surface area contributed by atoms with Crippen LogP contribution in [0.25, 0.3) is 0 Å². The number of aromatic nitrogens is 2. The second kappa shape index (κ2) is 6.64. The van der Waals surface area contributed by atoms with E-state index in [-0.39, 0.29) is 0 Å². The summed E-state index contributed by atoms with van der Waals surface area (Å²) in [6.45, 7) is 7.05. The zero-order valence-corrected chi connectivity index (χ0v) is 13.4. The van der Waals surface area contributed by atoms with E-state index < -0.39 is 0 Å². The number of nitrogens with zero attached hydrogens (tertiary/aromatic N) is 4. The van der Waals surface area contributed by atoms with Gasteiger partial charge in [-0.2, -0.15) is 0 Å². The van der Waals surface area contributed by atoms with Gasteiger partial charge in [0.25, 0.3) is 0 Å². The molecule has 1 N–H and O–H groups in total. The molecular formula is C18H23N5. The van der Waals surface area contributed by atoms with E-state index in [9.17, 15) is 0 Å². The lowest BCUT2D eigenvalue weighted by atomic mass is 10.1. The van der Waals surface area contributed by atoms with Crippen LogP contribution in [0.3, 0.4) is 0 Å². The molecule has 1 fully saturated rings. The molecule has 4 rings (SSSR count). The van der Waals surface area contributed by atoms with Crippen LogP contribution in [-0.4, -0.2) is 47.6 Å². The molecule has 0 amide bonds. The van der Waals surface area contributed by atoms with Gasteiger partial charge in [-0.15, -0.1) is 0 Å². The average molecular weight is 309 g/mol. The zero-order valence-electron chi connectivity index (χ0n) is 13.4. The van der Waals surface area contributed by atoms with E-state index >= 15 is 0 Å². The van der Waals surface area contributed by atoms with Crippen LogP contribution in [0, 0.1) is 0 Å². The van der Waals surface area contributed by atoms with E-state index in [2.05, 4.69) is 45.4 Å². The maximum Gasteiger partial charge on any atom is 0.147 e. The Kier molecular flexibility index (Phi) is 4.22. The third kappa shape index (κ3) is 3.35. The Morgan fingerprint density at radius 3 is 2.65 bits per heavy atom.